The van der Waals surface area contributed by atoms with Crippen molar-refractivity contribution in [2.24, 2.45) is 7.05 Å². The zero-order chi connectivity index (χ0) is 15.8. The first-order chi connectivity index (χ1) is 11.2. The number of aryl methyl sites for hydroxylation is 1. The molecule has 0 bridgehead atoms. The number of morpholine rings is 1. The fourth-order valence-electron chi connectivity index (χ4n) is 2.92. The smallest absolute Gasteiger partial charge is 0.163 e. The van der Waals surface area contributed by atoms with E-state index in [1.165, 1.54) is 6.07 Å². The maximum absolute atomic E-state index is 13.7. The lowest BCUT2D eigenvalue weighted by atomic mass is 10.2. The molecule has 0 amide bonds. The second-order valence-electron chi connectivity index (χ2n) is 5.71. The Morgan fingerprint density at radius 1 is 1.43 bits per heavy atom. The molecule has 1 fully saturated rings. The maximum atomic E-state index is 13.7. The number of aromatic amines is 1. The van der Waals surface area contributed by atoms with Gasteiger partial charge in [0.05, 0.1) is 18.7 Å². The Labute approximate surface area is 132 Å². The van der Waals surface area contributed by atoms with Crippen LogP contribution in [0.25, 0.3) is 11.0 Å². The van der Waals surface area contributed by atoms with Gasteiger partial charge in [-0.05, 0) is 12.1 Å². The van der Waals surface area contributed by atoms with Crippen LogP contribution in [0.5, 0.6) is 0 Å². The second-order valence-corrected chi connectivity index (χ2v) is 5.71. The summed E-state index contributed by atoms with van der Waals surface area (Å²) in [4.78, 5) is 9.76. The van der Waals surface area contributed by atoms with Crippen molar-refractivity contribution in [3.63, 3.8) is 0 Å². The molecule has 1 N–H and O–H groups in total. The first kappa shape index (κ1) is 14.3. The van der Waals surface area contributed by atoms with Gasteiger partial charge in [0.25, 0.3) is 0 Å². The lowest BCUT2D eigenvalue weighted by Gasteiger charge is -2.31. The lowest BCUT2D eigenvalue weighted by Crippen LogP contribution is -2.38. The summed E-state index contributed by atoms with van der Waals surface area (Å²) in [6, 6.07) is 4.93. The zero-order valence-electron chi connectivity index (χ0n) is 12.7. The van der Waals surface area contributed by atoms with Gasteiger partial charge in [-0.2, -0.15) is 0 Å². The van der Waals surface area contributed by atoms with Gasteiger partial charge >= 0.3 is 0 Å². The predicted molar refractivity (Wildman–Crippen MR) is 81.0 cm³/mol. The summed E-state index contributed by atoms with van der Waals surface area (Å²) in [6.07, 6.45) is 1.55. The molecule has 0 spiro atoms. The van der Waals surface area contributed by atoms with Crippen LogP contribution in [0.15, 0.2) is 24.5 Å². The summed E-state index contributed by atoms with van der Waals surface area (Å²) in [6.45, 7) is 2.73. The van der Waals surface area contributed by atoms with E-state index >= 15 is 0 Å². The van der Waals surface area contributed by atoms with Gasteiger partial charge < -0.3 is 14.3 Å². The molecule has 1 aliphatic heterocycles. The van der Waals surface area contributed by atoms with Crippen molar-refractivity contribution in [1.82, 2.24) is 29.6 Å². The van der Waals surface area contributed by atoms with Crippen LogP contribution >= 0.6 is 0 Å². The van der Waals surface area contributed by atoms with E-state index in [1.807, 2.05) is 17.7 Å². The van der Waals surface area contributed by atoms with E-state index in [2.05, 4.69) is 25.1 Å². The predicted octanol–water partition coefficient (Wildman–Crippen LogP) is 1.40. The summed E-state index contributed by atoms with van der Waals surface area (Å²) in [7, 11) is 1.90. The lowest BCUT2D eigenvalue weighted by molar-refractivity contribution is -0.0391. The van der Waals surface area contributed by atoms with Crippen molar-refractivity contribution in [2.75, 3.05) is 19.7 Å². The third kappa shape index (κ3) is 2.71. The highest BCUT2D eigenvalue weighted by Gasteiger charge is 2.26. The Morgan fingerprint density at radius 2 is 2.35 bits per heavy atom. The minimum Gasteiger partial charge on any atom is -0.368 e. The Balaban J connectivity index is 1.51. The van der Waals surface area contributed by atoms with Gasteiger partial charge in [-0.15, -0.1) is 10.2 Å². The average Bonchev–Trinajstić information content (AvgIpc) is 3.14. The highest BCUT2D eigenvalue weighted by atomic mass is 19.1. The molecule has 0 aliphatic carbocycles. The third-order valence-corrected chi connectivity index (χ3v) is 4.07. The largest absolute Gasteiger partial charge is 0.368 e. The number of nitrogens with one attached hydrogen (secondary N) is 1. The molecular weight excluding hydrogens is 299 g/mol. The molecular formula is C15H17FN6O. The second kappa shape index (κ2) is 5.71. The summed E-state index contributed by atoms with van der Waals surface area (Å²) < 4.78 is 21.4. The summed E-state index contributed by atoms with van der Waals surface area (Å²) in [5.41, 5.74) is 1.11. The van der Waals surface area contributed by atoms with Crippen LogP contribution in [0.2, 0.25) is 0 Å². The van der Waals surface area contributed by atoms with E-state index in [1.54, 1.807) is 12.4 Å². The number of hydrogen-bond acceptors (Lipinski definition) is 5. The van der Waals surface area contributed by atoms with E-state index in [0.29, 0.717) is 25.2 Å². The summed E-state index contributed by atoms with van der Waals surface area (Å²) in [5.74, 6) is 1.26. The van der Waals surface area contributed by atoms with Gasteiger partial charge in [0.2, 0.25) is 0 Å². The van der Waals surface area contributed by atoms with Gasteiger partial charge in [0.15, 0.2) is 11.6 Å². The number of imidazole rings is 1. The van der Waals surface area contributed by atoms with Gasteiger partial charge in [0.1, 0.15) is 23.8 Å². The number of halogens is 1. The zero-order valence-corrected chi connectivity index (χ0v) is 12.7. The number of rotatable bonds is 3. The molecule has 3 aromatic rings. The quantitative estimate of drug-likeness (QED) is 0.791. The summed E-state index contributed by atoms with van der Waals surface area (Å²) >= 11 is 0. The Morgan fingerprint density at radius 3 is 3.13 bits per heavy atom. The molecule has 0 radical (unpaired) electrons. The van der Waals surface area contributed by atoms with Gasteiger partial charge in [-0.1, -0.05) is 6.07 Å². The van der Waals surface area contributed by atoms with Gasteiger partial charge in [-0.3, -0.25) is 4.90 Å². The number of benzene rings is 1. The normalized spacial score (nSPS) is 19.5. The SMILES string of the molecule is Cn1cnnc1C1CN(Cc2nc3c(F)cccc3[nH]2)CCO1. The minimum absolute atomic E-state index is 0.114. The highest BCUT2D eigenvalue weighted by molar-refractivity contribution is 5.75. The van der Waals surface area contributed by atoms with Crippen molar-refractivity contribution < 1.29 is 9.13 Å². The number of hydrogen-bond donors (Lipinski definition) is 1. The molecule has 1 saturated heterocycles. The molecule has 1 atom stereocenters. The fraction of sp³-hybridized carbons (Fsp3) is 0.400. The van der Waals surface area contributed by atoms with E-state index in [0.717, 1.165) is 23.7 Å². The van der Waals surface area contributed by atoms with Crippen LogP contribution in [0, 0.1) is 5.82 Å². The number of fused-ring (bicyclic) bond motifs is 1. The number of aromatic nitrogens is 5. The maximum Gasteiger partial charge on any atom is 0.163 e. The Bertz CT molecular complexity index is 828. The molecule has 2 aromatic heterocycles. The highest BCUT2D eigenvalue weighted by Crippen LogP contribution is 2.22. The molecule has 7 nitrogen and oxygen atoms in total. The molecule has 8 heteroatoms. The molecule has 1 unspecified atom stereocenters. The first-order valence-electron chi connectivity index (χ1n) is 7.51. The Kier molecular flexibility index (Phi) is 3.55. The van der Waals surface area contributed by atoms with Crippen molar-refractivity contribution in [2.45, 2.75) is 12.6 Å². The molecule has 120 valence electrons. The number of ether oxygens (including phenoxy) is 1. The fourth-order valence-corrected chi connectivity index (χ4v) is 2.92. The molecule has 4 rings (SSSR count). The average molecular weight is 316 g/mol. The molecule has 3 heterocycles. The van der Waals surface area contributed by atoms with Crippen LogP contribution in [0.4, 0.5) is 4.39 Å². The number of H-pyrrole nitrogens is 1. The van der Waals surface area contributed by atoms with Gasteiger partial charge in [0, 0.05) is 20.1 Å². The van der Waals surface area contributed by atoms with E-state index in [4.69, 9.17) is 4.74 Å². The molecule has 23 heavy (non-hydrogen) atoms. The van der Waals surface area contributed by atoms with Crippen molar-refractivity contribution in [1.29, 1.82) is 0 Å². The van der Waals surface area contributed by atoms with Crippen LogP contribution in [-0.2, 0) is 18.3 Å². The van der Waals surface area contributed by atoms with Crippen LogP contribution in [0.1, 0.15) is 17.8 Å². The summed E-state index contributed by atoms with van der Waals surface area (Å²) in [5, 5.41) is 8.01. The molecule has 1 aromatic carbocycles. The Hall–Kier alpha value is -2.32. The minimum atomic E-state index is -0.302. The molecule has 0 saturated carbocycles. The molecule has 1 aliphatic rings. The third-order valence-electron chi connectivity index (χ3n) is 4.07. The monoisotopic (exact) mass is 316 g/mol. The number of para-hydroxylation sites is 1. The van der Waals surface area contributed by atoms with E-state index < -0.39 is 0 Å². The van der Waals surface area contributed by atoms with Crippen molar-refractivity contribution >= 4 is 11.0 Å². The first-order valence-corrected chi connectivity index (χ1v) is 7.51. The van der Waals surface area contributed by atoms with Crippen LogP contribution in [-0.4, -0.2) is 49.3 Å². The van der Waals surface area contributed by atoms with E-state index in [-0.39, 0.29) is 11.9 Å². The van der Waals surface area contributed by atoms with E-state index in [9.17, 15) is 4.39 Å². The van der Waals surface area contributed by atoms with Crippen LogP contribution < -0.4 is 0 Å². The standard InChI is InChI=1S/C15H17FN6O/c1-21-9-17-20-15(21)12-7-22(5-6-23-12)8-13-18-11-4-2-3-10(16)14(11)19-13/h2-4,9,12H,5-8H2,1H3,(H,18,19). The van der Waals surface area contributed by atoms with Crippen molar-refractivity contribution in [3.8, 4) is 0 Å². The van der Waals surface area contributed by atoms with Gasteiger partial charge in [-0.25, -0.2) is 9.37 Å². The topological polar surface area (TPSA) is 71.9 Å². The van der Waals surface area contributed by atoms with Crippen molar-refractivity contribution in [3.05, 3.63) is 42.0 Å². The van der Waals surface area contributed by atoms with Crippen LogP contribution in [0.3, 0.4) is 0 Å². The number of nitrogens with zero attached hydrogens (tertiary/aromatic N) is 5.